The molecular weight excluding hydrogens is 506 g/mol. The summed E-state index contributed by atoms with van der Waals surface area (Å²) in [5, 5.41) is 0. The van der Waals surface area contributed by atoms with Crippen LogP contribution in [0.2, 0.25) is 0 Å². The van der Waals surface area contributed by atoms with Crippen molar-refractivity contribution in [2.75, 3.05) is 69.4 Å². The molecule has 0 spiro atoms. The molecule has 2 fully saturated rings. The number of methoxy groups -OCH3 is 1. The molecule has 1 saturated carbocycles. The van der Waals surface area contributed by atoms with Gasteiger partial charge in [0.2, 0.25) is 6.41 Å². The Morgan fingerprint density at radius 3 is 2.66 bits per heavy atom. The van der Waals surface area contributed by atoms with Crippen molar-refractivity contribution in [2.45, 2.75) is 37.0 Å². The smallest absolute Gasteiger partial charge is 0.255 e. The van der Waals surface area contributed by atoms with Crippen LogP contribution in [0, 0.1) is 6.92 Å². The van der Waals surface area contributed by atoms with E-state index < -0.39 is 0 Å². The third-order valence-electron chi connectivity index (χ3n) is 6.78. The highest BCUT2D eigenvalue weighted by Gasteiger charge is 2.28. The highest BCUT2D eigenvalue weighted by Crippen LogP contribution is 2.40. The SMILES string of the molecule is COCCN(C=O)c1ccc(C(=O)N2CCN(c3ncc(C4CC4)cc3C)CC2)c(SOOCCCN)c1. The summed E-state index contributed by atoms with van der Waals surface area (Å²) in [4.78, 5) is 41.4. The lowest BCUT2D eigenvalue weighted by Gasteiger charge is -2.36. The second-order valence-corrected chi connectivity index (χ2v) is 10.3. The first kappa shape index (κ1) is 28.3. The molecule has 1 aromatic heterocycles. The number of amides is 2. The lowest BCUT2D eigenvalue weighted by Crippen LogP contribution is -2.49. The van der Waals surface area contributed by atoms with Gasteiger partial charge < -0.3 is 25.2 Å². The van der Waals surface area contributed by atoms with E-state index in [-0.39, 0.29) is 5.91 Å². The molecule has 206 valence electrons. The second kappa shape index (κ2) is 13.9. The van der Waals surface area contributed by atoms with E-state index in [2.05, 4.69) is 17.9 Å². The maximum atomic E-state index is 13.6. The molecule has 2 aliphatic rings. The standard InChI is InChI=1S/C27H37N5O5S/c1-20-16-22(21-4-5-21)18-29-26(20)30-9-11-31(12-10-30)27(34)24-7-6-23(32(19-33)13-15-35-2)17-25(24)38-37-36-14-3-8-28/h6-7,16-19,21H,3-5,8-15,28H2,1-2H3. The van der Waals surface area contributed by atoms with Gasteiger partial charge in [-0.15, -0.1) is 0 Å². The van der Waals surface area contributed by atoms with Crippen LogP contribution in [0.5, 0.6) is 0 Å². The van der Waals surface area contributed by atoms with E-state index in [0.717, 1.165) is 24.3 Å². The predicted octanol–water partition coefficient (Wildman–Crippen LogP) is 3.14. The van der Waals surface area contributed by atoms with Gasteiger partial charge in [0.05, 0.1) is 35.7 Å². The number of rotatable bonds is 14. The molecule has 0 bridgehead atoms. The molecule has 2 aromatic rings. The lowest BCUT2D eigenvalue weighted by molar-refractivity contribution is -0.190. The predicted molar refractivity (Wildman–Crippen MR) is 147 cm³/mol. The summed E-state index contributed by atoms with van der Waals surface area (Å²) in [6.07, 6.45) is 5.93. The van der Waals surface area contributed by atoms with Gasteiger partial charge >= 0.3 is 0 Å². The fourth-order valence-corrected chi connectivity index (χ4v) is 5.06. The zero-order valence-electron chi connectivity index (χ0n) is 22.1. The maximum Gasteiger partial charge on any atom is 0.255 e. The average molecular weight is 544 g/mol. The van der Waals surface area contributed by atoms with E-state index in [4.69, 9.17) is 24.7 Å². The molecule has 4 rings (SSSR count). The largest absolute Gasteiger partial charge is 0.383 e. The first-order valence-corrected chi connectivity index (χ1v) is 13.8. The molecular formula is C27H37N5O5S. The topological polar surface area (TPSA) is 110 Å². The van der Waals surface area contributed by atoms with Crippen LogP contribution >= 0.6 is 12.0 Å². The Morgan fingerprint density at radius 1 is 1.21 bits per heavy atom. The Morgan fingerprint density at radius 2 is 2.00 bits per heavy atom. The summed E-state index contributed by atoms with van der Waals surface area (Å²) in [6, 6.07) is 7.52. The monoisotopic (exact) mass is 543 g/mol. The van der Waals surface area contributed by atoms with Gasteiger partial charge in [0.15, 0.2) is 0 Å². The maximum absolute atomic E-state index is 13.6. The quantitative estimate of drug-likeness (QED) is 0.126. The van der Waals surface area contributed by atoms with Crippen molar-refractivity contribution in [1.29, 1.82) is 0 Å². The zero-order chi connectivity index (χ0) is 26.9. The van der Waals surface area contributed by atoms with Gasteiger partial charge in [0.1, 0.15) is 5.82 Å². The van der Waals surface area contributed by atoms with Gasteiger partial charge in [-0.1, -0.05) is 6.07 Å². The summed E-state index contributed by atoms with van der Waals surface area (Å²) in [7, 11) is 1.58. The Hall–Kier alpha value is -2.70. The number of piperazine rings is 1. The van der Waals surface area contributed by atoms with Gasteiger partial charge in [-0.05, 0) is 68.0 Å². The molecule has 11 heteroatoms. The molecule has 2 N–H and O–H groups in total. The van der Waals surface area contributed by atoms with Crippen LogP contribution in [0.4, 0.5) is 11.5 Å². The zero-order valence-corrected chi connectivity index (χ0v) is 23.0. The summed E-state index contributed by atoms with van der Waals surface area (Å²) in [5.41, 5.74) is 9.16. The number of aromatic nitrogens is 1. The Labute approximate surface area is 228 Å². The number of benzene rings is 1. The van der Waals surface area contributed by atoms with E-state index in [0.29, 0.717) is 81.0 Å². The number of nitrogens with zero attached hydrogens (tertiary/aromatic N) is 4. The van der Waals surface area contributed by atoms with Crippen molar-refractivity contribution < 1.29 is 23.5 Å². The van der Waals surface area contributed by atoms with E-state index >= 15 is 0 Å². The number of aryl methyl sites for hydroxylation is 1. The number of carbonyl (C=O) groups is 2. The molecule has 0 radical (unpaired) electrons. The van der Waals surface area contributed by atoms with Crippen LogP contribution in [0.15, 0.2) is 35.4 Å². The molecule has 0 atom stereocenters. The number of anilines is 2. The third-order valence-corrected chi connectivity index (χ3v) is 7.46. The van der Waals surface area contributed by atoms with Crippen molar-refractivity contribution in [3.05, 3.63) is 47.2 Å². The first-order valence-electron chi connectivity index (χ1n) is 13.1. The Balaban J connectivity index is 1.44. The van der Waals surface area contributed by atoms with Crippen LogP contribution < -0.4 is 15.5 Å². The van der Waals surface area contributed by atoms with Crippen molar-refractivity contribution in [1.82, 2.24) is 9.88 Å². The van der Waals surface area contributed by atoms with E-state index in [1.54, 1.807) is 25.3 Å². The molecule has 2 heterocycles. The Bertz CT molecular complexity index is 1090. The minimum Gasteiger partial charge on any atom is -0.383 e. The van der Waals surface area contributed by atoms with E-state index in [1.807, 2.05) is 11.1 Å². The first-order chi connectivity index (χ1) is 18.5. The van der Waals surface area contributed by atoms with Gasteiger partial charge in [0.25, 0.3) is 5.91 Å². The summed E-state index contributed by atoms with van der Waals surface area (Å²) >= 11 is 0.959. The molecule has 10 nitrogen and oxygen atoms in total. The normalized spacial score (nSPS) is 15.6. The molecule has 1 saturated heterocycles. The van der Waals surface area contributed by atoms with Crippen LogP contribution in [0.1, 0.15) is 46.7 Å². The van der Waals surface area contributed by atoms with Crippen LogP contribution in [0.25, 0.3) is 0 Å². The van der Waals surface area contributed by atoms with Crippen LogP contribution in [0.3, 0.4) is 0 Å². The minimum atomic E-state index is -0.0902. The van der Waals surface area contributed by atoms with Crippen LogP contribution in [-0.4, -0.2) is 81.8 Å². The molecule has 38 heavy (non-hydrogen) atoms. The van der Waals surface area contributed by atoms with Crippen molar-refractivity contribution in [3.8, 4) is 0 Å². The number of hydrogen-bond acceptors (Lipinski definition) is 9. The highest BCUT2D eigenvalue weighted by molar-refractivity contribution is 7.94. The number of hydrogen-bond donors (Lipinski definition) is 1. The number of pyridine rings is 1. The third kappa shape index (κ3) is 7.23. The van der Waals surface area contributed by atoms with Gasteiger partial charge in [-0.3, -0.25) is 9.59 Å². The van der Waals surface area contributed by atoms with Crippen molar-refractivity contribution >= 4 is 35.9 Å². The highest BCUT2D eigenvalue weighted by atomic mass is 32.2. The number of carbonyl (C=O) groups excluding carboxylic acids is 2. The molecule has 0 unspecified atom stereocenters. The second-order valence-electron chi connectivity index (χ2n) is 9.55. The Kier molecular flexibility index (Phi) is 10.4. The number of ether oxygens (including phenoxy) is 1. The summed E-state index contributed by atoms with van der Waals surface area (Å²) < 4.78 is 10.4. The van der Waals surface area contributed by atoms with Gasteiger partial charge in [0, 0.05) is 51.7 Å². The van der Waals surface area contributed by atoms with Crippen molar-refractivity contribution in [2.24, 2.45) is 5.73 Å². The lowest BCUT2D eigenvalue weighted by atomic mass is 10.1. The fraction of sp³-hybridized carbons (Fsp3) is 0.519. The molecule has 1 aromatic carbocycles. The average Bonchev–Trinajstić information content (AvgIpc) is 3.79. The molecule has 1 aliphatic carbocycles. The van der Waals surface area contributed by atoms with Crippen LogP contribution in [-0.2, 0) is 18.8 Å². The van der Waals surface area contributed by atoms with Crippen molar-refractivity contribution in [3.63, 3.8) is 0 Å². The molecule has 2 amide bonds. The summed E-state index contributed by atoms with van der Waals surface area (Å²) in [5.74, 6) is 1.58. The minimum absolute atomic E-state index is 0.0902. The van der Waals surface area contributed by atoms with E-state index in [9.17, 15) is 9.59 Å². The van der Waals surface area contributed by atoms with E-state index in [1.165, 1.54) is 28.9 Å². The summed E-state index contributed by atoms with van der Waals surface area (Å²) in [6.45, 7) is 6.31. The van der Waals surface area contributed by atoms with Gasteiger partial charge in [-0.25, -0.2) is 9.87 Å². The fourth-order valence-electron chi connectivity index (χ4n) is 4.46. The van der Waals surface area contributed by atoms with Gasteiger partial charge in [-0.2, -0.15) is 4.33 Å². The molecule has 1 aliphatic heterocycles. The number of nitrogens with two attached hydrogens (primary N) is 1.